The molecule has 1 saturated carbocycles. The summed E-state index contributed by atoms with van der Waals surface area (Å²) in [5.74, 6) is 1.62. The van der Waals surface area contributed by atoms with Gasteiger partial charge in [0.25, 0.3) is 0 Å². The molecule has 1 saturated heterocycles. The molecule has 0 bridgehead atoms. The lowest BCUT2D eigenvalue weighted by Crippen LogP contribution is -2.45. The Labute approximate surface area is 143 Å². The molecule has 2 aliphatic heterocycles. The molecule has 8 heteroatoms. The van der Waals surface area contributed by atoms with Gasteiger partial charge in [-0.3, -0.25) is 4.90 Å². The smallest absolute Gasteiger partial charge is 0.225 e. The summed E-state index contributed by atoms with van der Waals surface area (Å²) in [7, 11) is 0.686. The first-order valence-electron chi connectivity index (χ1n) is 8.55. The van der Waals surface area contributed by atoms with Gasteiger partial charge in [0.05, 0.1) is 11.9 Å². The van der Waals surface area contributed by atoms with E-state index in [0.29, 0.717) is 19.0 Å². The van der Waals surface area contributed by atoms with Crippen LogP contribution in [0.15, 0.2) is 6.20 Å². The van der Waals surface area contributed by atoms with Gasteiger partial charge in [-0.15, -0.1) is 0 Å². The highest BCUT2D eigenvalue weighted by Crippen LogP contribution is 2.41. The average Bonchev–Trinajstić information content (AvgIpc) is 3.19. The van der Waals surface area contributed by atoms with Crippen molar-refractivity contribution >= 4 is 16.0 Å². The monoisotopic (exact) mass is 351 g/mol. The van der Waals surface area contributed by atoms with Crippen LogP contribution in [0.5, 0.6) is 0 Å². The Morgan fingerprint density at radius 1 is 1.29 bits per heavy atom. The van der Waals surface area contributed by atoms with Gasteiger partial charge in [-0.05, 0) is 18.8 Å². The second-order valence-corrected chi connectivity index (χ2v) is 9.58. The zero-order valence-corrected chi connectivity index (χ0v) is 15.3. The number of hydrogen-bond acceptors (Lipinski definition) is 6. The molecule has 7 nitrogen and oxygen atoms in total. The third-order valence-corrected chi connectivity index (χ3v) is 6.63. The molecule has 2 atom stereocenters. The van der Waals surface area contributed by atoms with E-state index in [1.54, 1.807) is 4.31 Å². The highest BCUT2D eigenvalue weighted by molar-refractivity contribution is 7.88. The standard InChI is InChI=1S/C16H25N5O2S/c1-19(2)16-17-6-12-8-20(7-11-4-5-11)14-10-21(24(3,22)23)9-13(14)15(12)18-16/h6,11,13-14H,4-5,7-10H2,1-3H3/t13-,14-/m0/s1. The van der Waals surface area contributed by atoms with E-state index in [-0.39, 0.29) is 12.0 Å². The van der Waals surface area contributed by atoms with Crippen LogP contribution in [0.4, 0.5) is 5.95 Å². The number of nitrogens with zero attached hydrogens (tertiary/aromatic N) is 5. The Bertz CT molecular complexity index is 747. The van der Waals surface area contributed by atoms with Crippen molar-refractivity contribution in [2.75, 3.05) is 44.9 Å². The van der Waals surface area contributed by atoms with Gasteiger partial charge in [0.15, 0.2) is 0 Å². The molecule has 0 N–H and O–H groups in total. The number of hydrogen-bond donors (Lipinski definition) is 0. The Morgan fingerprint density at radius 3 is 2.67 bits per heavy atom. The van der Waals surface area contributed by atoms with Crippen LogP contribution >= 0.6 is 0 Å². The molecule has 0 radical (unpaired) electrons. The number of fused-ring (bicyclic) bond motifs is 3. The van der Waals surface area contributed by atoms with Crippen LogP contribution in [-0.4, -0.2) is 73.6 Å². The molecule has 132 valence electrons. The van der Waals surface area contributed by atoms with E-state index in [4.69, 9.17) is 4.98 Å². The maximum atomic E-state index is 12.1. The van der Waals surface area contributed by atoms with E-state index < -0.39 is 10.0 Å². The lowest BCUT2D eigenvalue weighted by Gasteiger charge is -2.37. The van der Waals surface area contributed by atoms with E-state index in [1.807, 2.05) is 25.2 Å². The van der Waals surface area contributed by atoms with Crippen LogP contribution in [0.1, 0.15) is 30.0 Å². The Balaban J connectivity index is 1.71. The molecule has 0 aromatic carbocycles. The molecular weight excluding hydrogens is 326 g/mol. The van der Waals surface area contributed by atoms with Crippen LogP contribution in [-0.2, 0) is 16.6 Å². The summed E-state index contributed by atoms with van der Waals surface area (Å²) < 4.78 is 25.8. The van der Waals surface area contributed by atoms with E-state index >= 15 is 0 Å². The minimum Gasteiger partial charge on any atom is -0.347 e. The molecule has 2 fully saturated rings. The van der Waals surface area contributed by atoms with Gasteiger partial charge in [-0.2, -0.15) is 4.31 Å². The third-order valence-electron chi connectivity index (χ3n) is 5.39. The number of rotatable bonds is 4. The van der Waals surface area contributed by atoms with E-state index in [9.17, 15) is 8.42 Å². The van der Waals surface area contributed by atoms with Gasteiger partial charge < -0.3 is 4.90 Å². The van der Waals surface area contributed by atoms with Crippen molar-refractivity contribution in [1.82, 2.24) is 19.2 Å². The first kappa shape index (κ1) is 16.2. The van der Waals surface area contributed by atoms with Gasteiger partial charge in [0.1, 0.15) is 0 Å². The molecule has 4 rings (SSSR count). The summed E-state index contributed by atoms with van der Waals surface area (Å²) in [4.78, 5) is 13.6. The highest BCUT2D eigenvalue weighted by atomic mass is 32.2. The van der Waals surface area contributed by atoms with Crippen LogP contribution in [0, 0.1) is 5.92 Å². The molecule has 0 spiro atoms. The Kier molecular flexibility index (Phi) is 3.81. The number of anilines is 1. The topological polar surface area (TPSA) is 69.6 Å². The van der Waals surface area contributed by atoms with Crippen molar-refractivity contribution in [1.29, 1.82) is 0 Å². The van der Waals surface area contributed by atoms with Crippen molar-refractivity contribution in [2.24, 2.45) is 5.92 Å². The molecule has 3 aliphatic rings. The predicted octanol–water partition coefficient (Wildman–Crippen LogP) is 0.496. The Hall–Kier alpha value is -1.25. The summed E-state index contributed by atoms with van der Waals surface area (Å²) in [6.45, 7) is 3.00. The zero-order valence-electron chi connectivity index (χ0n) is 14.5. The first-order valence-corrected chi connectivity index (χ1v) is 10.4. The minimum atomic E-state index is -3.17. The van der Waals surface area contributed by atoms with Crippen LogP contribution in [0.25, 0.3) is 0 Å². The predicted molar refractivity (Wildman–Crippen MR) is 92.4 cm³/mol. The lowest BCUT2D eigenvalue weighted by molar-refractivity contribution is 0.158. The maximum absolute atomic E-state index is 12.1. The summed E-state index contributed by atoms with van der Waals surface area (Å²) in [6, 6.07) is 0.234. The molecule has 1 aliphatic carbocycles. The first-order chi connectivity index (χ1) is 11.3. The fourth-order valence-electron chi connectivity index (χ4n) is 3.90. The summed E-state index contributed by atoms with van der Waals surface area (Å²) in [5, 5.41) is 0. The molecule has 0 amide bonds. The zero-order chi connectivity index (χ0) is 17.1. The summed E-state index contributed by atoms with van der Waals surface area (Å²) in [6.07, 6.45) is 5.83. The maximum Gasteiger partial charge on any atom is 0.225 e. The van der Waals surface area contributed by atoms with Gasteiger partial charge in [-0.1, -0.05) is 0 Å². The van der Waals surface area contributed by atoms with Crippen molar-refractivity contribution in [3.05, 3.63) is 17.5 Å². The van der Waals surface area contributed by atoms with E-state index in [1.165, 1.54) is 19.1 Å². The second-order valence-electron chi connectivity index (χ2n) is 7.60. The van der Waals surface area contributed by atoms with Crippen LogP contribution in [0.3, 0.4) is 0 Å². The van der Waals surface area contributed by atoms with Crippen molar-refractivity contribution in [3.8, 4) is 0 Å². The molecule has 24 heavy (non-hydrogen) atoms. The molecule has 3 heterocycles. The summed E-state index contributed by atoms with van der Waals surface area (Å²) >= 11 is 0. The normalized spacial score (nSPS) is 27.8. The van der Waals surface area contributed by atoms with Gasteiger partial charge >= 0.3 is 0 Å². The molecule has 1 aromatic rings. The second kappa shape index (κ2) is 5.64. The van der Waals surface area contributed by atoms with Gasteiger partial charge in [0, 0.05) is 64.0 Å². The highest BCUT2D eigenvalue weighted by Gasteiger charge is 2.46. The minimum absolute atomic E-state index is 0.143. The van der Waals surface area contributed by atoms with Crippen LogP contribution in [0.2, 0.25) is 0 Å². The fraction of sp³-hybridized carbons (Fsp3) is 0.750. The average molecular weight is 351 g/mol. The van der Waals surface area contributed by atoms with Crippen molar-refractivity contribution in [2.45, 2.75) is 31.3 Å². The summed E-state index contributed by atoms with van der Waals surface area (Å²) in [5.41, 5.74) is 2.19. The van der Waals surface area contributed by atoms with E-state index in [0.717, 1.165) is 30.3 Å². The van der Waals surface area contributed by atoms with Crippen molar-refractivity contribution < 1.29 is 8.42 Å². The number of aromatic nitrogens is 2. The van der Waals surface area contributed by atoms with Gasteiger partial charge in [-0.25, -0.2) is 18.4 Å². The lowest BCUT2D eigenvalue weighted by atomic mass is 9.90. The van der Waals surface area contributed by atoms with Crippen LogP contribution < -0.4 is 4.90 Å². The van der Waals surface area contributed by atoms with Gasteiger partial charge in [0.2, 0.25) is 16.0 Å². The molecular formula is C16H25N5O2S. The van der Waals surface area contributed by atoms with Crippen molar-refractivity contribution in [3.63, 3.8) is 0 Å². The SMILES string of the molecule is CN(C)c1ncc2c(n1)[C@H]1CN(S(C)(=O)=O)C[C@@H]1N(CC1CC1)C2. The van der Waals surface area contributed by atoms with E-state index in [2.05, 4.69) is 9.88 Å². The molecule has 0 unspecified atom stereocenters. The quantitative estimate of drug-likeness (QED) is 0.787. The molecule has 1 aromatic heterocycles. The number of sulfonamides is 1. The Morgan fingerprint density at radius 2 is 2.04 bits per heavy atom. The largest absolute Gasteiger partial charge is 0.347 e. The third kappa shape index (κ3) is 2.91. The fourth-order valence-corrected chi connectivity index (χ4v) is 4.75.